The van der Waals surface area contributed by atoms with Crippen molar-refractivity contribution in [1.82, 2.24) is 14.8 Å². The first kappa shape index (κ1) is 39.5. The van der Waals surface area contributed by atoms with Crippen molar-refractivity contribution in [2.75, 3.05) is 26.2 Å². The van der Waals surface area contributed by atoms with E-state index in [1.807, 2.05) is 4.90 Å². The third-order valence-electron chi connectivity index (χ3n) is 8.88. The van der Waals surface area contributed by atoms with Crippen molar-refractivity contribution >= 4 is 11.9 Å². The maximum Gasteiger partial charge on any atom is 0.419 e. The second-order valence-electron chi connectivity index (χ2n) is 12.6. The number of rotatable bonds is 13. The third-order valence-corrected chi connectivity index (χ3v) is 8.88. The predicted molar refractivity (Wildman–Crippen MR) is 173 cm³/mol. The zero-order valence-corrected chi connectivity index (χ0v) is 28.5. The van der Waals surface area contributed by atoms with Crippen LogP contribution in [-0.2, 0) is 33.1 Å². The van der Waals surface area contributed by atoms with Crippen LogP contribution in [0.2, 0.25) is 0 Å². The summed E-state index contributed by atoms with van der Waals surface area (Å²) in [4.78, 5) is 41.8. The standard InChI is InChI=1S/C36H39F8N3O4/c1-5-8-29(47-19-22(9-12-46-10-7-11-46)26(17-30(47)48)35(39,40)41)34(50)45-28(18-31(49)51-6-2)25-15-23(16-27(33(25)38)36(42,43)44)32-20(3)13-24(37)14-21(32)4/h13-17,19,28-29H,5-12,18H2,1-4H3,(H,45,50). The van der Waals surface area contributed by atoms with E-state index in [2.05, 4.69) is 5.32 Å². The fourth-order valence-corrected chi connectivity index (χ4v) is 6.36. The zero-order valence-electron chi connectivity index (χ0n) is 28.5. The summed E-state index contributed by atoms with van der Waals surface area (Å²) in [6.45, 7) is 7.55. The second-order valence-corrected chi connectivity index (χ2v) is 12.6. The molecule has 278 valence electrons. The van der Waals surface area contributed by atoms with Gasteiger partial charge in [0.25, 0.3) is 5.56 Å². The molecule has 3 aromatic rings. The number of benzene rings is 2. The first-order valence-corrected chi connectivity index (χ1v) is 16.5. The smallest absolute Gasteiger partial charge is 0.419 e. The summed E-state index contributed by atoms with van der Waals surface area (Å²) in [7, 11) is 0. The molecule has 1 aromatic heterocycles. The van der Waals surface area contributed by atoms with Crippen molar-refractivity contribution in [3.8, 4) is 11.1 Å². The van der Waals surface area contributed by atoms with Crippen LogP contribution in [0.1, 0.15) is 85.0 Å². The van der Waals surface area contributed by atoms with Gasteiger partial charge in [-0.25, -0.2) is 8.78 Å². The van der Waals surface area contributed by atoms with E-state index in [-0.39, 0.29) is 60.2 Å². The number of alkyl halides is 6. The van der Waals surface area contributed by atoms with Crippen LogP contribution in [0.15, 0.2) is 41.3 Å². The van der Waals surface area contributed by atoms with Gasteiger partial charge in [-0.3, -0.25) is 14.4 Å². The number of carbonyl (C=O) groups excluding carboxylic acids is 2. The molecule has 2 aromatic carbocycles. The Morgan fingerprint density at radius 3 is 2.08 bits per heavy atom. The number of aromatic nitrogens is 1. The molecule has 7 nitrogen and oxygen atoms in total. The average Bonchev–Trinajstić information content (AvgIpc) is 2.98. The van der Waals surface area contributed by atoms with E-state index >= 15 is 4.39 Å². The lowest BCUT2D eigenvalue weighted by Crippen LogP contribution is -2.41. The number of amides is 1. The van der Waals surface area contributed by atoms with E-state index in [0.29, 0.717) is 25.2 Å². The lowest BCUT2D eigenvalue weighted by Gasteiger charge is -2.31. The first-order chi connectivity index (χ1) is 23.8. The topological polar surface area (TPSA) is 80.6 Å². The molecule has 1 aliphatic rings. The van der Waals surface area contributed by atoms with E-state index in [9.17, 15) is 45.1 Å². The number of halogens is 8. The zero-order chi connectivity index (χ0) is 37.8. The minimum absolute atomic E-state index is 0.0818. The summed E-state index contributed by atoms with van der Waals surface area (Å²) in [6, 6.07) is 0.898. The van der Waals surface area contributed by atoms with Crippen LogP contribution < -0.4 is 10.9 Å². The number of pyridine rings is 1. The Hall–Kier alpha value is -4.27. The summed E-state index contributed by atoms with van der Waals surface area (Å²) < 4.78 is 121. The molecule has 0 radical (unpaired) electrons. The van der Waals surface area contributed by atoms with Crippen molar-refractivity contribution in [3.05, 3.63) is 91.9 Å². The Kier molecular flexibility index (Phi) is 12.4. The number of likely N-dealkylation sites (tertiary alicyclic amines) is 1. The van der Waals surface area contributed by atoms with Gasteiger partial charge in [-0.05, 0) is 105 Å². The van der Waals surface area contributed by atoms with Gasteiger partial charge >= 0.3 is 18.3 Å². The van der Waals surface area contributed by atoms with Crippen LogP contribution in [0.3, 0.4) is 0 Å². The second kappa shape index (κ2) is 16.0. The Labute approximate surface area is 289 Å². The Balaban J connectivity index is 1.85. The van der Waals surface area contributed by atoms with E-state index in [1.54, 1.807) is 6.92 Å². The summed E-state index contributed by atoms with van der Waals surface area (Å²) in [6.07, 6.45) is -9.01. The van der Waals surface area contributed by atoms with Crippen LogP contribution in [-0.4, -0.2) is 47.6 Å². The minimum atomic E-state index is -5.24. The summed E-state index contributed by atoms with van der Waals surface area (Å²) in [5.74, 6) is -4.48. The first-order valence-electron chi connectivity index (χ1n) is 16.5. The summed E-state index contributed by atoms with van der Waals surface area (Å²) in [5.41, 5.74) is -4.53. The number of hydrogen-bond acceptors (Lipinski definition) is 5. The van der Waals surface area contributed by atoms with Crippen LogP contribution in [0.25, 0.3) is 11.1 Å². The highest BCUT2D eigenvalue weighted by Crippen LogP contribution is 2.40. The van der Waals surface area contributed by atoms with Gasteiger partial charge in [-0.15, -0.1) is 0 Å². The van der Waals surface area contributed by atoms with Crippen LogP contribution in [0, 0.1) is 25.5 Å². The predicted octanol–water partition coefficient (Wildman–Crippen LogP) is 7.85. The third kappa shape index (κ3) is 9.35. The van der Waals surface area contributed by atoms with Crippen LogP contribution in [0.4, 0.5) is 35.1 Å². The van der Waals surface area contributed by atoms with Gasteiger partial charge in [0.15, 0.2) is 0 Å². The van der Waals surface area contributed by atoms with Gasteiger partial charge in [-0.2, -0.15) is 26.3 Å². The SMILES string of the molecule is CCCC(C(=O)NC(CC(=O)OCC)c1cc(-c2c(C)cc(F)cc2C)cc(C(F)(F)F)c1F)n1cc(CCN2CCC2)c(C(F)(F)F)cc1=O. The highest BCUT2D eigenvalue weighted by Gasteiger charge is 2.39. The van der Waals surface area contributed by atoms with Crippen molar-refractivity contribution in [2.45, 2.75) is 84.2 Å². The van der Waals surface area contributed by atoms with Crippen LogP contribution >= 0.6 is 0 Å². The molecular formula is C36H39F8N3O4. The van der Waals surface area contributed by atoms with Gasteiger partial charge in [0.05, 0.1) is 30.2 Å². The lowest BCUT2D eigenvalue weighted by atomic mass is 9.90. The van der Waals surface area contributed by atoms with Crippen molar-refractivity contribution < 1.29 is 49.4 Å². The molecule has 1 saturated heterocycles. The van der Waals surface area contributed by atoms with Crippen molar-refractivity contribution in [1.29, 1.82) is 0 Å². The van der Waals surface area contributed by atoms with E-state index in [4.69, 9.17) is 4.74 Å². The number of carbonyl (C=O) groups is 2. The molecule has 0 bridgehead atoms. The number of esters is 1. The highest BCUT2D eigenvalue weighted by atomic mass is 19.4. The number of nitrogens with zero attached hydrogens (tertiary/aromatic N) is 2. The molecule has 1 aliphatic heterocycles. The fraction of sp³-hybridized carbons (Fsp3) is 0.472. The van der Waals surface area contributed by atoms with E-state index in [0.717, 1.165) is 35.4 Å². The lowest BCUT2D eigenvalue weighted by molar-refractivity contribution is -0.144. The molecule has 0 aliphatic carbocycles. The van der Waals surface area contributed by atoms with Crippen LogP contribution in [0.5, 0.6) is 0 Å². The molecule has 1 fully saturated rings. The average molecular weight is 730 g/mol. The largest absolute Gasteiger partial charge is 0.466 e. The molecule has 4 rings (SSSR count). The van der Waals surface area contributed by atoms with Gasteiger partial charge in [-0.1, -0.05) is 13.3 Å². The normalized spacial score (nSPS) is 14.9. The Morgan fingerprint density at radius 2 is 1.55 bits per heavy atom. The number of aryl methyl sites for hydroxylation is 2. The molecule has 51 heavy (non-hydrogen) atoms. The van der Waals surface area contributed by atoms with E-state index < -0.39 is 76.6 Å². The minimum Gasteiger partial charge on any atom is -0.466 e. The molecule has 15 heteroatoms. The fourth-order valence-electron chi connectivity index (χ4n) is 6.36. The monoisotopic (exact) mass is 729 g/mol. The molecule has 2 atom stereocenters. The van der Waals surface area contributed by atoms with E-state index in [1.165, 1.54) is 20.8 Å². The molecule has 1 N–H and O–H groups in total. The van der Waals surface area contributed by atoms with Crippen molar-refractivity contribution in [2.24, 2.45) is 0 Å². The summed E-state index contributed by atoms with van der Waals surface area (Å²) >= 11 is 0. The van der Waals surface area contributed by atoms with Gasteiger partial charge < -0.3 is 19.5 Å². The van der Waals surface area contributed by atoms with Crippen molar-refractivity contribution in [3.63, 3.8) is 0 Å². The number of hydrogen-bond donors (Lipinski definition) is 1. The Bertz CT molecular complexity index is 1790. The molecule has 2 heterocycles. The molecule has 0 spiro atoms. The molecular weight excluding hydrogens is 690 g/mol. The molecule has 0 saturated carbocycles. The molecule has 1 amide bonds. The maximum atomic E-state index is 15.9. The van der Waals surface area contributed by atoms with Gasteiger partial charge in [0.2, 0.25) is 5.91 Å². The Morgan fingerprint density at radius 1 is 0.922 bits per heavy atom. The van der Waals surface area contributed by atoms with Gasteiger partial charge in [0, 0.05) is 24.4 Å². The maximum absolute atomic E-state index is 15.9. The molecule has 2 unspecified atom stereocenters. The highest BCUT2D eigenvalue weighted by molar-refractivity contribution is 5.82. The number of nitrogens with one attached hydrogen (secondary N) is 1. The summed E-state index contributed by atoms with van der Waals surface area (Å²) in [5, 5.41) is 2.41. The quantitative estimate of drug-likeness (QED) is 0.143. The number of ether oxygens (including phenoxy) is 1. The van der Waals surface area contributed by atoms with Gasteiger partial charge in [0.1, 0.15) is 17.7 Å².